The summed E-state index contributed by atoms with van der Waals surface area (Å²) in [6, 6.07) is 3.44. The quantitative estimate of drug-likeness (QED) is 0.816. The lowest BCUT2D eigenvalue weighted by Crippen LogP contribution is -2.19. The fourth-order valence-electron chi connectivity index (χ4n) is 2.15. The van der Waals surface area contributed by atoms with Gasteiger partial charge in [0, 0.05) is 13.0 Å². The molecule has 1 aromatic rings. The smallest absolute Gasteiger partial charge is 0.224 e. The van der Waals surface area contributed by atoms with Gasteiger partial charge in [-0.2, -0.15) is 0 Å². The lowest BCUT2D eigenvalue weighted by Gasteiger charge is -2.10. The first-order valence-corrected chi connectivity index (χ1v) is 5.83. The molecule has 1 unspecified atom stereocenters. The van der Waals surface area contributed by atoms with Gasteiger partial charge in [-0.05, 0) is 38.1 Å². The van der Waals surface area contributed by atoms with Gasteiger partial charge in [0.05, 0.1) is 11.9 Å². The van der Waals surface area contributed by atoms with Crippen LogP contribution >= 0.6 is 0 Å². The Hall–Kier alpha value is -1.62. The van der Waals surface area contributed by atoms with Crippen LogP contribution in [0.1, 0.15) is 12.8 Å². The number of aromatic nitrogens is 1. The lowest BCUT2D eigenvalue weighted by atomic mass is 10.0. The third-order valence-corrected chi connectivity index (χ3v) is 3.03. The SMILES string of the molecule is CN1CCC(CC(=O)Nc2ccc(N)nc2)C1. The van der Waals surface area contributed by atoms with Gasteiger partial charge >= 0.3 is 0 Å². The van der Waals surface area contributed by atoms with E-state index in [2.05, 4.69) is 22.2 Å². The number of nitrogens with zero attached hydrogens (tertiary/aromatic N) is 2. The molecule has 0 spiro atoms. The molecule has 0 saturated carbocycles. The van der Waals surface area contributed by atoms with Gasteiger partial charge < -0.3 is 16.0 Å². The molecule has 17 heavy (non-hydrogen) atoms. The van der Waals surface area contributed by atoms with Gasteiger partial charge in [0.15, 0.2) is 0 Å². The summed E-state index contributed by atoms with van der Waals surface area (Å²) >= 11 is 0. The Morgan fingerprint density at radius 2 is 2.47 bits per heavy atom. The summed E-state index contributed by atoms with van der Waals surface area (Å²) in [7, 11) is 2.09. The summed E-state index contributed by atoms with van der Waals surface area (Å²) in [6.45, 7) is 2.09. The number of likely N-dealkylation sites (tertiary alicyclic amines) is 1. The predicted molar refractivity (Wildman–Crippen MR) is 67.5 cm³/mol. The van der Waals surface area contributed by atoms with Crippen LogP contribution in [0.15, 0.2) is 18.3 Å². The molecule has 1 amide bonds. The van der Waals surface area contributed by atoms with Gasteiger partial charge in [0.1, 0.15) is 5.82 Å². The van der Waals surface area contributed by atoms with E-state index in [0.717, 1.165) is 19.5 Å². The molecular formula is C12H18N4O. The number of nitrogens with two attached hydrogens (primary N) is 1. The molecule has 0 bridgehead atoms. The van der Waals surface area contributed by atoms with E-state index >= 15 is 0 Å². The molecule has 1 saturated heterocycles. The van der Waals surface area contributed by atoms with Gasteiger partial charge in [-0.15, -0.1) is 0 Å². The number of rotatable bonds is 3. The van der Waals surface area contributed by atoms with Crippen molar-refractivity contribution < 1.29 is 4.79 Å². The summed E-state index contributed by atoms with van der Waals surface area (Å²) in [5.41, 5.74) is 6.18. The fraction of sp³-hybridized carbons (Fsp3) is 0.500. The molecule has 2 rings (SSSR count). The molecule has 1 aliphatic rings. The van der Waals surface area contributed by atoms with E-state index in [4.69, 9.17) is 5.73 Å². The highest BCUT2D eigenvalue weighted by molar-refractivity contribution is 5.90. The van der Waals surface area contributed by atoms with Gasteiger partial charge in [-0.25, -0.2) is 4.98 Å². The number of hydrogen-bond acceptors (Lipinski definition) is 4. The maximum atomic E-state index is 11.8. The Morgan fingerprint density at radius 3 is 3.06 bits per heavy atom. The largest absolute Gasteiger partial charge is 0.384 e. The maximum absolute atomic E-state index is 11.8. The average Bonchev–Trinajstić information content (AvgIpc) is 2.67. The van der Waals surface area contributed by atoms with Crippen LogP contribution in [0.2, 0.25) is 0 Å². The van der Waals surface area contributed by atoms with Crippen molar-refractivity contribution in [2.75, 3.05) is 31.2 Å². The first-order chi connectivity index (χ1) is 8.13. The zero-order valence-electron chi connectivity index (χ0n) is 10.0. The van der Waals surface area contributed by atoms with Crippen molar-refractivity contribution in [2.24, 2.45) is 5.92 Å². The highest BCUT2D eigenvalue weighted by Crippen LogP contribution is 2.18. The number of anilines is 2. The molecule has 1 atom stereocenters. The first-order valence-electron chi connectivity index (χ1n) is 5.83. The van der Waals surface area contributed by atoms with Crippen LogP contribution in [-0.4, -0.2) is 35.9 Å². The molecule has 5 nitrogen and oxygen atoms in total. The molecule has 3 N–H and O–H groups in total. The molecule has 5 heteroatoms. The van der Waals surface area contributed by atoms with E-state index in [-0.39, 0.29) is 5.91 Å². The summed E-state index contributed by atoms with van der Waals surface area (Å²) in [5, 5.41) is 2.84. The van der Waals surface area contributed by atoms with Gasteiger partial charge in [0.25, 0.3) is 0 Å². The minimum atomic E-state index is 0.0527. The molecule has 0 radical (unpaired) electrons. The molecule has 1 aromatic heterocycles. The van der Waals surface area contributed by atoms with Crippen molar-refractivity contribution in [1.29, 1.82) is 0 Å². The van der Waals surface area contributed by atoms with Crippen LogP contribution in [0.5, 0.6) is 0 Å². The summed E-state index contributed by atoms with van der Waals surface area (Å²) in [4.78, 5) is 18.0. The fourth-order valence-corrected chi connectivity index (χ4v) is 2.15. The van der Waals surface area contributed by atoms with E-state index in [1.54, 1.807) is 18.3 Å². The van der Waals surface area contributed by atoms with Gasteiger partial charge in [-0.3, -0.25) is 4.79 Å². The predicted octanol–water partition coefficient (Wildman–Crippen LogP) is 0.944. The zero-order chi connectivity index (χ0) is 12.3. The molecule has 92 valence electrons. The van der Waals surface area contributed by atoms with Crippen molar-refractivity contribution in [2.45, 2.75) is 12.8 Å². The summed E-state index contributed by atoms with van der Waals surface area (Å²) in [5.74, 6) is 0.985. The standard InChI is InChI=1S/C12H18N4O/c1-16-5-4-9(8-16)6-12(17)15-10-2-3-11(13)14-7-10/h2-3,7,9H,4-6,8H2,1H3,(H2,13,14)(H,15,17). The van der Waals surface area contributed by atoms with E-state index in [9.17, 15) is 4.79 Å². The van der Waals surface area contributed by atoms with Crippen LogP contribution in [0.3, 0.4) is 0 Å². The number of hydrogen-bond donors (Lipinski definition) is 2. The Bertz CT molecular complexity index is 390. The molecule has 0 aromatic carbocycles. The molecule has 0 aliphatic carbocycles. The van der Waals surface area contributed by atoms with E-state index in [1.807, 2.05) is 0 Å². The number of carbonyl (C=O) groups excluding carboxylic acids is 1. The van der Waals surface area contributed by atoms with Crippen molar-refractivity contribution in [3.05, 3.63) is 18.3 Å². The highest BCUT2D eigenvalue weighted by atomic mass is 16.1. The number of carbonyl (C=O) groups is 1. The number of nitrogen functional groups attached to an aromatic ring is 1. The van der Waals surface area contributed by atoms with Crippen LogP contribution in [0.4, 0.5) is 11.5 Å². The zero-order valence-corrected chi connectivity index (χ0v) is 10.0. The Kier molecular flexibility index (Phi) is 3.58. The lowest BCUT2D eigenvalue weighted by molar-refractivity contribution is -0.117. The van der Waals surface area contributed by atoms with Gasteiger partial charge in [-0.1, -0.05) is 0 Å². The Balaban J connectivity index is 1.83. The average molecular weight is 234 g/mol. The van der Waals surface area contributed by atoms with Crippen LogP contribution in [0.25, 0.3) is 0 Å². The minimum Gasteiger partial charge on any atom is -0.384 e. The third kappa shape index (κ3) is 3.42. The van der Waals surface area contributed by atoms with Crippen molar-refractivity contribution in [1.82, 2.24) is 9.88 Å². The monoisotopic (exact) mass is 234 g/mol. The summed E-state index contributed by atoms with van der Waals surface area (Å²) in [6.07, 6.45) is 3.26. The van der Waals surface area contributed by atoms with Crippen molar-refractivity contribution in [3.8, 4) is 0 Å². The molecular weight excluding hydrogens is 216 g/mol. The Labute approximate surface area is 101 Å². The molecule has 2 heterocycles. The summed E-state index contributed by atoms with van der Waals surface area (Å²) < 4.78 is 0. The third-order valence-electron chi connectivity index (χ3n) is 3.03. The second kappa shape index (κ2) is 5.14. The van der Waals surface area contributed by atoms with Crippen LogP contribution < -0.4 is 11.1 Å². The Morgan fingerprint density at radius 1 is 1.65 bits per heavy atom. The molecule has 1 aliphatic heterocycles. The second-order valence-corrected chi connectivity index (χ2v) is 4.64. The first kappa shape index (κ1) is 11.9. The van der Waals surface area contributed by atoms with E-state index < -0.39 is 0 Å². The second-order valence-electron chi connectivity index (χ2n) is 4.64. The van der Waals surface area contributed by atoms with E-state index in [1.165, 1.54) is 0 Å². The van der Waals surface area contributed by atoms with Crippen LogP contribution in [0, 0.1) is 5.92 Å². The van der Waals surface area contributed by atoms with Crippen LogP contribution in [-0.2, 0) is 4.79 Å². The molecule has 1 fully saturated rings. The maximum Gasteiger partial charge on any atom is 0.224 e. The van der Waals surface area contributed by atoms with E-state index in [0.29, 0.717) is 23.8 Å². The minimum absolute atomic E-state index is 0.0527. The van der Waals surface area contributed by atoms with Gasteiger partial charge in [0.2, 0.25) is 5.91 Å². The number of pyridine rings is 1. The van der Waals surface area contributed by atoms with Crippen molar-refractivity contribution >= 4 is 17.4 Å². The highest BCUT2D eigenvalue weighted by Gasteiger charge is 2.21. The number of nitrogens with one attached hydrogen (secondary N) is 1. The number of amides is 1. The van der Waals surface area contributed by atoms with Crippen molar-refractivity contribution in [3.63, 3.8) is 0 Å². The normalized spacial score (nSPS) is 20.4. The topological polar surface area (TPSA) is 71.2 Å².